The van der Waals surface area contributed by atoms with Gasteiger partial charge < -0.3 is 35.6 Å². The van der Waals surface area contributed by atoms with Crippen molar-refractivity contribution in [1.82, 2.24) is 10.2 Å². The van der Waals surface area contributed by atoms with Crippen molar-refractivity contribution in [3.8, 4) is 0 Å². The standard InChI is InChI=1S/C33H47N3O7/c1-5-21(2)28(34)26(42-4)19-27(37)36-18-12-17-25(36)30(38)22(3)32(40)35-29(31(39)24-15-10-7-11-16-24)33(41)43-20-23-13-8-6-9-14-23/h6-11,13-16,21-22,25-26,28-31,38-39H,5,12,17-20,34H2,1-4H3,(H,35,40)/t21-,22+,25-,26+,28-,29-,30+,31+/m0/s1. The third kappa shape index (κ3) is 9.09. The van der Waals surface area contributed by atoms with E-state index >= 15 is 0 Å². The van der Waals surface area contributed by atoms with Gasteiger partial charge in [-0.25, -0.2) is 4.79 Å². The predicted octanol–water partition coefficient (Wildman–Crippen LogP) is 2.71. The lowest BCUT2D eigenvalue weighted by Crippen LogP contribution is -2.53. The Kier molecular flexibility index (Phi) is 13.1. The van der Waals surface area contributed by atoms with E-state index in [2.05, 4.69) is 5.32 Å². The first-order valence-corrected chi connectivity index (χ1v) is 15.1. The zero-order chi connectivity index (χ0) is 31.5. The second kappa shape index (κ2) is 16.5. The normalized spacial score (nSPS) is 19.9. The Bertz CT molecular complexity index is 1170. The van der Waals surface area contributed by atoms with Gasteiger partial charge in [-0.3, -0.25) is 9.59 Å². The van der Waals surface area contributed by atoms with E-state index in [1.54, 1.807) is 54.3 Å². The summed E-state index contributed by atoms with van der Waals surface area (Å²) in [7, 11) is 1.54. The summed E-state index contributed by atoms with van der Waals surface area (Å²) < 4.78 is 11.0. The third-order valence-corrected chi connectivity index (χ3v) is 8.58. The minimum atomic E-state index is -1.42. The number of amides is 2. The van der Waals surface area contributed by atoms with E-state index in [4.69, 9.17) is 15.2 Å². The molecule has 1 fully saturated rings. The number of carbonyl (C=O) groups is 3. The molecule has 0 saturated carbocycles. The molecule has 2 aromatic rings. The lowest BCUT2D eigenvalue weighted by Gasteiger charge is -2.34. The van der Waals surface area contributed by atoms with Crippen molar-refractivity contribution in [3.05, 3.63) is 71.8 Å². The molecule has 0 spiro atoms. The van der Waals surface area contributed by atoms with Gasteiger partial charge in [-0.05, 0) is 29.9 Å². The topological polar surface area (TPSA) is 151 Å². The minimum absolute atomic E-state index is 0.0337. The molecule has 43 heavy (non-hydrogen) atoms. The van der Waals surface area contributed by atoms with E-state index in [0.717, 1.165) is 12.0 Å². The number of carbonyl (C=O) groups excluding carboxylic acids is 3. The smallest absolute Gasteiger partial charge is 0.332 e. The van der Waals surface area contributed by atoms with Crippen molar-refractivity contribution < 1.29 is 34.1 Å². The van der Waals surface area contributed by atoms with Gasteiger partial charge in [0.1, 0.15) is 12.7 Å². The van der Waals surface area contributed by atoms with Crippen LogP contribution in [0, 0.1) is 11.8 Å². The summed E-state index contributed by atoms with van der Waals surface area (Å²) >= 11 is 0. The average molecular weight is 598 g/mol. The Balaban J connectivity index is 1.70. The summed E-state index contributed by atoms with van der Waals surface area (Å²) in [5.41, 5.74) is 7.53. The molecule has 0 radical (unpaired) electrons. The first-order valence-electron chi connectivity index (χ1n) is 15.1. The average Bonchev–Trinajstić information content (AvgIpc) is 3.54. The molecule has 1 saturated heterocycles. The van der Waals surface area contributed by atoms with Crippen molar-refractivity contribution in [2.24, 2.45) is 17.6 Å². The fraction of sp³-hybridized carbons (Fsp3) is 0.545. The van der Waals surface area contributed by atoms with E-state index in [1.807, 2.05) is 32.0 Å². The summed E-state index contributed by atoms with van der Waals surface area (Å²) in [4.78, 5) is 41.5. The van der Waals surface area contributed by atoms with Gasteiger partial charge in [0.15, 0.2) is 6.04 Å². The number of hydrogen-bond acceptors (Lipinski definition) is 8. The van der Waals surface area contributed by atoms with Crippen LogP contribution >= 0.6 is 0 Å². The van der Waals surface area contributed by atoms with Crippen LogP contribution in [0.2, 0.25) is 0 Å². The van der Waals surface area contributed by atoms with Gasteiger partial charge >= 0.3 is 5.97 Å². The summed E-state index contributed by atoms with van der Waals surface area (Å²) in [5.74, 6) is -2.47. The number of esters is 1. The Morgan fingerprint density at radius 1 is 1.05 bits per heavy atom. The highest BCUT2D eigenvalue weighted by Crippen LogP contribution is 2.27. The SMILES string of the molecule is CC[C@H](C)[C@H](N)[C@@H](CC(=O)N1CCC[C@H]1[C@H](O)[C@@H](C)C(=O)N[C@H](C(=O)OCc1ccccc1)[C@H](O)c1ccccc1)OC. The number of methoxy groups -OCH3 is 1. The van der Waals surface area contributed by atoms with Crippen molar-refractivity contribution in [2.45, 2.75) is 89.5 Å². The molecule has 2 amide bonds. The van der Waals surface area contributed by atoms with Crippen molar-refractivity contribution >= 4 is 17.8 Å². The minimum Gasteiger partial charge on any atom is -0.459 e. The fourth-order valence-electron chi connectivity index (χ4n) is 5.46. The molecule has 0 unspecified atom stereocenters. The van der Waals surface area contributed by atoms with Crippen LogP contribution in [-0.2, 0) is 30.5 Å². The molecule has 5 N–H and O–H groups in total. The molecular weight excluding hydrogens is 550 g/mol. The number of nitrogens with one attached hydrogen (secondary N) is 1. The van der Waals surface area contributed by atoms with E-state index < -0.39 is 48.2 Å². The first-order chi connectivity index (χ1) is 20.6. The Hall–Kier alpha value is -3.31. The van der Waals surface area contributed by atoms with Crippen molar-refractivity contribution in [3.63, 3.8) is 0 Å². The lowest BCUT2D eigenvalue weighted by atomic mass is 9.92. The van der Waals surface area contributed by atoms with Crippen LogP contribution in [0.1, 0.15) is 63.7 Å². The van der Waals surface area contributed by atoms with Crippen LogP contribution < -0.4 is 11.1 Å². The molecule has 1 aliphatic rings. The number of aliphatic hydroxyl groups is 2. The Labute approximate surface area is 254 Å². The maximum atomic E-state index is 13.4. The predicted molar refractivity (Wildman–Crippen MR) is 162 cm³/mol. The number of nitrogens with two attached hydrogens (primary N) is 1. The van der Waals surface area contributed by atoms with Gasteiger partial charge in [-0.1, -0.05) is 87.9 Å². The molecular formula is C33H47N3O7. The van der Waals surface area contributed by atoms with Gasteiger partial charge in [0.25, 0.3) is 0 Å². The number of likely N-dealkylation sites (tertiary alicyclic amines) is 1. The van der Waals surface area contributed by atoms with Crippen LogP contribution in [0.25, 0.3) is 0 Å². The summed E-state index contributed by atoms with van der Waals surface area (Å²) in [6.07, 6.45) is -0.929. The molecule has 0 aromatic heterocycles. The van der Waals surface area contributed by atoms with Crippen LogP contribution in [-0.4, -0.2) is 76.9 Å². The van der Waals surface area contributed by atoms with E-state index in [-0.39, 0.29) is 30.9 Å². The largest absolute Gasteiger partial charge is 0.459 e. The molecule has 10 heteroatoms. The zero-order valence-corrected chi connectivity index (χ0v) is 25.6. The summed E-state index contributed by atoms with van der Waals surface area (Å²) in [5, 5.41) is 25.0. The van der Waals surface area contributed by atoms with E-state index in [9.17, 15) is 24.6 Å². The summed E-state index contributed by atoms with van der Waals surface area (Å²) in [6.45, 7) is 6.01. The highest BCUT2D eigenvalue weighted by atomic mass is 16.5. The number of aliphatic hydroxyl groups excluding tert-OH is 2. The van der Waals surface area contributed by atoms with Crippen LogP contribution in [0.5, 0.6) is 0 Å². The molecule has 3 rings (SSSR count). The van der Waals surface area contributed by atoms with Gasteiger partial charge in [-0.15, -0.1) is 0 Å². The third-order valence-electron chi connectivity index (χ3n) is 8.58. The summed E-state index contributed by atoms with van der Waals surface area (Å²) in [6, 6.07) is 15.3. The Morgan fingerprint density at radius 3 is 2.28 bits per heavy atom. The number of hydrogen-bond donors (Lipinski definition) is 4. The highest BCUT2D eigenvalue weighted by Gasteiger charge is 2.41. The fourth-order valence-corrected chi connectivity index (χ4v) is 5.46. The number of benzene rings is 2. The molecule has 2 aromatic carbocycles. The van der Waals surface area contributed by atoms with Gasteiger partial charge in [-0.2, -0.15) is 0 Å². The quantitative estimate of drug-likeness (QED) is 0.229. The maximum Gasteiger partial charge on any atom is 0.332 e. The molecule has 8 atom stereocenters. The van der Waals surface area contributed by atoms with Gasteiger partial charge in [0, 0.05) is 19.7 Å². The molecule has 0 bridgehead atoms. The van der Waals surface area contributed by atoms with Crippen LogP contribution in [0.4, 0.5) is 0 Å². The van der Waals surface area contributed by atoms with Crippen LogP contribution in [0.3, 0.4) is 0 Å². The molecule has 1 heterocycles. The molecule has 1 aliphatic heterocycles. The zero-order valence-electron chi connectivity index (χ0n) is 25.6. The Morgan fingerprint density at radius 2 is 1.67 bits per heavy atom. The number of nitrogens with zero attached hydrogens (tertiary/aromatic N) is 1. The van der Waals surface area contributed by atoms with Crippen LogP contribution in [0.15, 0.2) is 60.7 Å². The number of rotatable bonds is 15. The van der Waals surface area contributed by atoms with Crippen molar-refractivity contribution in [2.75, 3.05) is 13.7 Å². The van der Waals surface area contributed by atoms with Gasteiger partial charge in [0.05, 0.1) is 30.6 Å². The van der Waals surface area contributed by atoms with Crippen molar-refractivity contribution in [1.29, 1.82) is 0 Å². The van der Waals surface area contributed by atoms with E-state index in [0.29, 0.717) is 24.9 Å². The molecule has 10 nitrogen and oxygen atoms in total. The van der Waals surface area contributed by atoms with E-state index in [1.165, 1.54) is 7.11 Å². The highest BCUT2D eigenvalue weighted by molar-refractivity contribution is 5.86. The monoisotopic (exact) mass is 597 g/mol. The van der Waals surface area contributed by atoms with Gasteiger partial charge in [0.2, 0.25) is 11.8 Å². The maximum absolute atomic E-state index is 13.4. The second-order valence-electron chi connectivity index (χ2n) is 11.5. The number of ether oxygens (including phenoxy) is 2. The molecule has 0 aliphatic carbocycles. The first kappa shape index (κ1) is 34.2. The lowest BCUT2D eigenvalue weighted by molar-refractivity contribution is -0.153. The second-order valence-corrected chi connectivity index (χ2v) is 11.5. The molecule has 236 valence electrons.